The fourth-order valence-electron chi connectivity index (χ4n) is 5.47. The number of fused-ring (bicyclic) bond motifs is 1. The Kier molecular flexibility index (Phi) is 9.87. The number of halogens is 1. The number of aryl methyl sites for hydroxylation is 1. The summed E-state index contributed by atoms with van der Waals surface area (Å²) in [6.07, 6.45) is 2.10. The minimum absolute atomic E-state index is 0. The number of phenolic OH excluding ortho intramolecular Hbond substituents is 1. The molecule has 5 aromatic rings. The minimum Gasteiger partial charge on any atom is -0.508 e. The maximum Gasteiger partial charge on any atom is 0.272 e. The highest BCUT2D eigenvalue weighted by Gasteiger charge is 2.30. The number of likely N-dealkylation sites (N-methyl/N-ethyl adjacent to an activating group) is 1. The number of hydrogen-bond donors (Lipinski definition) is 2. The van der Waals surface area contributed by atoms with Gasteiger partial charge < -0.3 is 19.9 Å². The Morgan fingerprint density at radius 1 is 0.854 bits per heavy atom. The third-order valence-corrected chi connectivity index (χ3v) is 7.39. The fraction of sp³-hybridized carbons (Fsp3) is 0.229. The number of aromatic nitrogens is 1. The molecule has 1 heterocycles. The summed E-state index contributed by atoms with van der Waals surface area (Å²) in [5.74, 6) is -0.124. The van der Waals surface area contributed by atoms with Gasteiger partial charge in [-0.3, -0.25) is 4.79 Å². The predicted octanol–water partition coefficient (Wildman–Crippen LogP) is 7.72. The predicted molar refractivity (Wildman–Crippen MR) is 172 cm³/mol. The van der Waals surface area contributed by atoms with E-state index in [1.165, 1.54) is 5.56 Å². The summed E-state index contributed by atoms with van der Waals surface area (Å²) < 4.78 is 2.17. The molecule has 0 aliphatic heterocycles. The number of phenols is 1. The molecule has 0 aliphatic carbocycles. The number of rotatable bonds is 10. The van der Waals surface area contributed by atoms with Crippen molar-refractivity contribution in [2.24, 2.45) is 0 Å². The highest BCUT2D eigenvalue weighted by molar-refractivity contribution is 6.09. The molecule has 5 nitrogen and oxygen atoms in total. The Morgan fingerprint density at radius 2 is 1.49 bits per heavy atom. The zero-order valence-electron chi connectivity index (χ0n) is 23.9. The lowest BCUT2D eigenvalue weighted by Gasteiger charge is -2.21. The summed E-state index contributed by atoms with van der Waals surface area (Å²) in [4.78, 5) is 16.5. The van der Waals surface area contributed by atoms with E-state index in [2.05, 4.69) is 58.1 Å². The van der Waals surface area contributed by atoms with Crippen LogP contribution >= 0.6 is 12.4 Å². The summed E-state index contributed by atoms with van der Waals surface area (Å²) in [6.45, 7) is 3.63. The van der Waals surface area contributed by atoms with Gasteiger partial charge in [0.1, 0.15) is 11.4 Å². The lowest BCUT2D eigenvalue weighted by Crippen LogP contribution is -2.24. The fourth-order valence-corrected chi connectivity index (χ4v) is 5.47. The van der Waals surface area contributed by atoms with Crippen LogP contribution in [0.1, 0.15) is 52.0 Å². The van der Waals surface area contributed by atoms with E-state index < -0.39 is 0 Å². The zero-order valence-corrected chi connectivity index (χ0v) is 24.7. The topological polar surface area (TPSA) is 57.5 Å². The number of hydrogen-bond acceptors (Lipinski definition) is 3. The standard InChI is InChI=1S/C35H37N3O2.ClH/c1-4-10-25-15-19-28(20-16-25)36-35(40)34-33(30-13-8-9-14-31(30)38(34)24-23-37(2)3)32(26-11-6-5-7-12-26)27-17-21-29(39)22-18-27;/h5-9,11-22,32,39H,4,10,23-24H2,1-3H3,(H,36,40);1H. The minimum atomic E-state index is -0.208. The van der Waals surface area contributed by atoms with E-state index in [4.69, 9.17) is 0 Å². The van der Waals surface area contributed by atoms with Crippen molar-refractivity contribution in [3.8, 4) is 5.75 Å². The molecule has 1 atom stereocenters. The van der Waals surface area contributed by atoms with Gasteiger partial charge in [0.25, 0.3) is 5.91 Å². The molecule has 1 aromatic heterocycles. The molecule has 0 bridgehead atoms. The Hall–Kier alpha value is -4.06. The number of anilines is 1. The summed E-state index contributed by atoms with van der Waals surface area (Å²) in [5.41, 5.74) is 6.79. The van der Waals surface area contributed by atoms with Gasteiger partial charge in [0.05, 0.1) is 0 Å². The van der Waals surface area contributed by atoms with Crippen LogP contribution in [0.25, 0.3) is 10.9 Å². The van der Waals surface area contributed by atoms with Gasteiger partial charge in [-0.1, -0.05) is 86.1 Å². The van der Waals surface area contributed by atoms with Gasteiger partial charge in [-0.15, -0.1) is 12.4 Å². The van der Waals surface area contributed by atoms with Crippen molar-refractivity contribution < 1.29 is 9.90 Å². The molecule has 1 amide bonds. The molecule has 6 heteroatoms. The summed E-state index contributed by atoms with van der Waals surface area (Å²) in [7, 11) is 4.10. The van der Waals surface area contributed by atoms with Gasteiger partial charge in [0.2, 0.25) is 0 Å². The average molecular weight is 568 g/mol. The summed E-state index contributed by atoms with van der Waals surface area (Å²) >= 11 is 0. The van der Waals surface area contributed by atoms with Gasteiger partial charge in [-0.05, 0) is 67.5 Å². The molecule has 0 saturated carbocycles. The van der Waals surface area contributed by atoms with Crippen molar-refractivity contribution in [2.45, 2.75) is 32.2 Å². The number of aromatic hydroxyl groups is 1. The second-order valence-electron chi connectivity index (χ2n) is 10.6. The van der Waals surface area contributed by atoms with Crippen LogP contribution in [0.4, 0.5) is 5.69 Å². The van der Waals surface area contributed by atoms with Crippen LogP contribution in [0.15, 0.2) is 103 Å². The Bertz CT molecular complexity index is 1580. The van der Waals surface area contributed by atoms with Gasteiger partial charge in [0.15, 0.2) is 0 Å². The zero-order chi connectivity index (χ0) is 28.1. The highest BCUT2D eigenvalue weighted by atomic mass is 35.5. The van der Waals surface area contributed by atoms with Gasteiger partial charge in [0, 0.05) is 41.2 Å². The molecule has 212 valence electrons. The molecule has 1 unspecified atom stereocenters. The third-order valence-electron chi connectivity index (χ3n) is 7.39. The first kappa shape index (κ1) is 29.9. The number of nitrogens with zero attached hydrogens (tertiary/aromatic N) is 2. The van der Waals surface area contributed by atoms with Crippen LogP contribution in [0.3, 0.4) is 0 Å². The molecular formula is C35H38ClN3O2. The Morgan fingerprint density at radius 3 is 2.15 bits per heavy atom. The van der Waals surface area contributed by atoms with Crippen molar-refractivity contribution in [1.82, 2.24) is 9.47 Å². The maximum absolute atomic E-state index is 14.3. The molecule has 5 rings (SSSR count). The number of carbonyl (C=O) groups excluding carboxylic acids is 1. The Labute approximate surface area is 248 Å². The molecule has 41 heavy (non-hydrogen) atoms. The van der Waals surface area contributed by atoms with Crippen LogP contribution in [-0.4, -0.2) is 41.1 Å². The van der Waals surface area contributed by atoms with Crippen LogP contribution < -0.4 is 5.32 Å². The molecule has 0 fully saturated rings. The monoisotopic (exact) mass is 567 g/mol. The van der Waals surface area contributed by atoms with E-state index in [0.29, 0.717) is 12.2 Å². The maximum atomic E-state index is 14.3. The molecule has 0 saturated heterocycles. The number of para-hydroxylation sites is 1. The first-order chi connectivity index (χ1) is 19.5. The molecule has 4 aromatic carbocycles. The molecule has 2 N–H and O–H groups in total. The first-order valence-electron chi connectivity index (χ1n) is 14.0. The SMILES string of the molecule is CCCc1ccc(NC(=O)c2c(C(c3ccccc3)c3ccc(O)cc3)c3ccccc3n2CCN(C)C)cc1.Cl. The smallest absolute Gasteiger partial charge is 0.272 e. The molecule has 0 aliphatic rings. The lowest BCUT2D eigenvalue weighted by molar-refractivity contribution is 0.101. The van der Waals surface area contributed by atoms with E-state index in [0.717, 1.165) is 52.7 Å². The van der Waals surface area contributed by atoms with Crippen LogP contribution in [0.2, 0.25) is 0 Å². The number of benzene rings is 4. The number of nitrogens with one attached hydrogen (secondary N) is 1. The van der Waals surface area contributed by atoms with E-state index in [1.54, 1.807) is 12.1 Å². The van der Waals surface area contributed by atoms with Crippen molar-refractivity contribution in [2.75, 3.05) is 26.0 Å². The van der Waals surface area contributed by atoms with Gasteiger partial charge in [-0.25, -0.2) is 0 Å². The quantitative estimate of drug-likeness (QED) is 0.182. The van der Waals surface area contributed by atoms with E-state index in [1.807, 2.05) is 68.7 Å². The first-order valence-corrected chi connectivity index (χ1v) is 14.0. The highest BCUT2D eigenvalue weighted by Crippen LogP contribution is 2.41. The normalized spacial score (nSPS) is 11.8. The van der Waals surface area contributed by atoms with Crippen LogP contribution in [0.5, 0.6) is 5.75 Å². The number of carbonyl (C=O) groups is 1. The third kappa shape index (κ3) is 6.64. The van der Waals surface area contributed by atoms with Gasteiger partial charge >= 0.3 is 0 Å². The summed E-state index contributed by atoms with van der Waals surface area (Å²) in [5, 5.41) is 14.3. The van der Waals surface area contributed by atoms with Crippen molar-refractivity contribution in [1.29, 1.82) is 0 Å². The molecule has 0 radical (unpaired) electrons. The molecular weight excluding hydrogens is 530 g/mol. The average Bonchev–Trinajstić information content (AvgIpc) is 3.29. The van der Waals surface area contributed by atoms with Crippen molar-refractivity contribution in [3.63, 3.8) is 0 Å². The van der Waals surface area contributed by atoms with Gasteiger partial charge in [-0.2, -0.15) is 0 Å². The second-order valence-corrected chi connectivity index (χ2v) is 10.6. The van der Waals surface area contributed by atoms with Crippen molar-refractivity contribution >= 4 is 34.9 Å². The Balaban J connectivity index is 0.00000387. The van der Waals surface area contributed by atoms with E-state index >= 15 is 0 Å². The van der Waals surface area contributed by atoms with Crippen LogP contribution in [0, 0.1) is 0 Å². The largest absolute Gasteiger partial charge is 0.508 e. The van der Waals surface area contributed by atoms with Crippen LogP contribution in [-0.2, 0) is 13.0 Å². The lowest BCUT2D eigenvalue weighted by atomic mass is 9.83. The summed E-state index contributed by atoms with van der Waals surface area (Å²) in [6, 6.07) is 34.1. The second kappa shape index (κ2) is 13.5. The number of amides is 1. The van der Waals surface area contributed by atoms with E-state index in [9.17, 15) is 9.90 Å². The van der Waals surface area contributed by atoms with E-state index in [-0.39, 0.29) is 30.0 Å². The molecule has 0 spiro atoms. The van der Waals surface area contributed by atoms with Crippen molar-refractivity contribution in [3.05, 3.63) is 131 Å².